The highest BCUT2D eigenvalue weighted by atomic mass is 32.1. The molecule has 1 unspecified atom stereocenters. The predicted molar refractivity (Wildman–Crippen MR) is 168 cm³/mol. The van der Waals surface area contributed by atoms with Crippen molar-refractivity contribution < 1.29 is 33.4 Å². The minimum atomic E-state index is -1.37. The van der Waals surface area contributed by atoms with Gasteiger partial charge in [0.2, 0.25) is 18.6 Å². The molecule has 0 spiro atoms. The van der Waals surface area contributed by atoms with E-state index in [2.05, 4.69) is 5.32 Å². The van der Waals surface area contributed by atoms with Crippen molar-refractivity contribution in [3.05, 3.63) is 82.7 Å². The van der Waals surface area contributed by atoms with Crippen molar-refractivity contribution in [2.45, 2.75) is 32.4 Å². The van der Waals surface area contributed by atoms with Gasteiger partial charge in [-0.2, -0.15) is 0 Å². The summed E-state index contributed by atoms with van der Waals surface area (Å²) in [5, 5.41) is 5.39. The summed E-state index contributed by atoms with van der Waals surface area (Å²) in [6.07, 6.45) is 0.245. The van der Waals surface area contributed by atoms with Crippen molar-refractivity contribution in [2.75, 3.05) is 30.7 Å². The molecule has 6 rings (SSSR count). The maximum Gasteiger partial charge on any atom is 0.299 e. The average Bonchev–Trinajstić information content (AvgIpc) is 3.79. The van der Waals surface area contributed by atoms with Crippen LogP contribution in [0.4, 0.5) is 11.4 Å². The van der Waals surface area contributed by atoms with Gasteiger partial charge in [0.1, 0.15) is 22.8 Å². The Kier molecular flexibility index (Phi) is 7.98. The maximum atomic E-state index is 14.2. The number of rotatable bonds is 10. The first-order chi connectivity index (χ1) is 21.7. The number of carbonyl (C=O) groups excluding carboxylic acids is 4. The molecule has 0 saturated carbocycles. The summed E-state index contributed by atoms with van der Waals surface area (Å²) < 4.78 is 16.1. The van der Waals surface area contributed by atoms with Gasteiger partial charge in [0.05, 0.1) is 30.6 Å². The minimum Gasteiger partial charge on any atom is -0.497 e. The number of Topliss-reactive ketones (excluding diaryl/α,β-unsaturated/α-hetero) is 1. The Balaban J connectivity index is 1.31. The van der Waals surface area contributed by atoms with Crippen LogP contribution in [0.2, 0.25) is 0 Å². The number of para-hydroxylation sites is 1. The number of ketones is 1. The van der Waals surface area contributed by atoms with Crippen LogP contribution in [0.15, 0.2) is 72.1 Å². The zero-order chi connectivity index (χ0) is 31.7. The van der Waals surface area contributed by atoms with Gasteiger partial charge in [-0.05, 0) is 61.9 Å². The van der Waals surface area contributed by atoms with Crippen molar-refractivity contribution >= 4 is 46.2 Å². The molecule has 2 aliphatic rings. The Hall–Kier alpha value is -5.23. The van der Waals surface area contributed by atoms with Gasteiger partial charge in [-0.1, -0.05) is 19.1 Å². The third-order valence-electron chi connectivity index (χ3n) is 8.11. The zero-order valence-corrected chi connectivity index (χ0v) is 25.7. The van der Waals surface area contributed by atoms with E-state index < -0.39 is 35.6 Å². The number of fused-ring (bicyclic) bond motifs is 2. The average molecular weight is 627 g/mol. The fourth-order valence-electron chi connectivity index (χ4n) is 5.29. The predicted octanol–water partition coefficient (Wildman–Crippen LogP) is 4.91. The van der Waals surface area contributed by atoms with Crippen LogP contribution in [0, 0.1) is 0 Å². The van der Waals surface area contributed by atoms with Gasteiger partial charge in [0.15, 0.2) is 11.5 Å². The SMILES string of the molecule is CCC(C)(C(=O)Nc1ccc2c(c1)OCO2)N(Cc1nc(-c2ccc(OC)cc2)cs1)C(=O)CN1C(=O)C(=O)c2ccccc21. The number of nitrogens with one attached hydrogen (secondary N) is 1. The summed E-state index contributed by atoms with van der Waals surface area (Å²) in [7, 11) is 1.60. The smallest absolute Gasteiger partial charge is 0.299 e. The number of amides is 3. The number of methoxy groups -OCH3 is 1. The van der Waals surface area contributed by atoms with Gasteiger partial charge in [-0.15, -0.1) is 11.3 Å². The normalized spacial score (nSPS) is 14.6. The van der Waals surface area contributed by atoms with Crippen molar-refractivity contribution in [3.8, 4) is 28.5 Å². The molecular formula is C33H30N4O7S. The molecule has 12 heteroatoms. The number of benzene rings is 3. The largest absolute Gasteiger partial charge is 0.497 e. The number of aromatic nitrogens is 1. The van der Waals surface area contributed by atoms with Gasteiger partial charge >= 0.3 is 0 Å². The van der Waals surface area contributed by atoms with E-state index in [1.165, 1.54) is 21.1 Å². The lowest BCUT2D eigenvalue weighted by molar-refractivity contribution is -0.145. The number of hydrogen-bond acceptors (Lipinski definition) is 9. The van der Waals surface area contributed by atoms with E-state index >= 15 is 0 Å². The lowest BCUT2D eigenvalue weighted by Gasteiger charge is -2.39. The van der Waals surface area contributed by atoms with Crippen molar-refractivity contribution in [1.82, 2.24) is 9.88 Å². The molecule has 0 bridgehead atoms. The molecule has 11 nitrogen and oxygen atoms in total. The second-order valence-corrected chi connectivity index (χ2v) is 11.7. The van der Waals surface area contributed by atoms with Crippen LogP contribution < -0.4 is 24.4 Å². The lowest BCUT2D eigenvalue weighted by atomic mass is 9.94. The molecule has 1 aromatic heterocycles. The fraction of sp³-hybridized carbons (Fsp3) is 0.242. The van der Waals surface area contributed by atoms with E-state index in [1.54, 1.807) is 56.5 Å². The minimum absolute atomic E-state index is 0.00379. The molecule has 4 aromatic rings. The third kappa shape index (κ3) is 5.60. The highest BCUT2D eigenvalue weighted by molar-refractivity contribution is 7.09. The highest BCUT2D eigenvalue weighted by Gasteiger charge is 2.44. The molecule has 45 heavy (non-hydrogen) atoms. The van der Waals surface area contributed by atoms with Gasteiger partial charge < -0.3 is 24.4 Å². The number of anilines is 2. The molecule has 230 valence electrons. The van der Waals surface area contributed by atoms with Gasteiger partial charge in [-0.3, -0.25) is 24.1 Å². The summed E-state index contributed by atoms with van der Waals surface area (Å²) in [6, 6.07) is 19.1. The molecule has 0 radical (unpaired) electrons. The van der Waals surface area contributed by atoms with E-state index in [-0.39, 0.29) is 25.3 Å². The zero-order valence-electron chi connectivity index (χ0n) is 24.9. The molecule has 1 atom stereocenters. The molecule has 1 N–H and O–H groups in total. The Labute approximate surface area is 263 Å². The van der Waals surface area contributed by atoms with Crippen LogP contribution >= 0.6 is 11.3 Å². The summed E-state index contributed by atoms with van der Waals surface area (Å²) in [4.78, 5) is 61.2. The van der Waals surface area contributed by atoms with Gasteiger partial charge in [0, 0.05) is 22.7 Å². The van der Waals surface area contributed by atoms with Crippen molar-refractivity contribution in [1.29, 1.82) is 0 Å². The van der Waals surface area contributed by atoms with Gasteiger partial charge in [0.25, 0.3) is 11.7 Å². The Morgan fingerprint density at radius 1 is 1.07 bits per heavy atom. The van der Waals surface area contributed by atoms with E-state index in [1.807, 2.05) is 36.6 Å². The van der Waals surface area contributed by atoms with E-state index in [0.717, 1.165) is 11.3 Å². The number of hydrogen-bond donors (Lipinski definition) is 1. The summed E-state index contributed by atoms with van der Waals surface area (Å²) in [5.74, 6) is -0.619. The molecule has 3 aromatic carbocycles. The Bertz CT molecular complexity index is 1800. The number of thiazole rings is 1. The third-order valence-corrected chi connectivity index (χ3v) is 8.94. The summed E-state index contributed by atoms with van der Waals surface area (Å²) in [6.45, 7) is 3.15. The number of nitrogens with zero attached hydrogens (tertiary/aromatic N) is 3. The maximum absolute atomic E-state index is 14.2. The van der Waals surface area contributed by atoms with Crippen molar-refractivity contribution in [2.24, 2.45) is 0 Å². The highest BCUT2D eigenvalue weighted by Crippen LogP contribution is 2.36. The van der Waals surface area contributed by atoms with E-state index in [0.29, 0.717) is 33.6 Å². The summed E-state index contributed by atoms with van der Waals surface area (Å²) in [5.41, 5.74) is 1.28. The van der Waals surface area contributed by atoms with Crippen LogP contribution in [0.1, 0.15) is 35.6 Å². The molecule has 0 aliphatic carbocycles. The monoisotopic (exact) mass is 626 g/mol. The van der Waals surface area contributed by atoms with E-state index in [4.69, 9.17) is 19.2 Å². The fourth-order valence-corrected chi connectivity index (χ4v) is 6.08. The molecular weight excluding hydrogens is 596 g/mol. The second-order valence-electron chi connectivity index (χ2n) is 10.7. The topological polar surface area (TPSA) is 127 Å². The van der Waals surface area contributed by atoms with Crippen LogP contribution in [0.3, 0.4) is 0 Å². The quantitative estimate of drug-likeness (QED) is 0.246. The van der Waals surface area contributed by atoms with Crippen LogP contribution in [-0.2, 0) is 20.9 Å². The lowest BCUT2D eigenvalue weighted by Crippen LogP contribution is -2.58. The van der Waals surface area contributed by atoms with Crippen LogP contribution in [-0.4, -0.2) is 59.4 Å². The molecule has 3 amide bonds. The first-order valence-corrected chi connectivity index (χ1v) is 15.2. The van der Waals surface area contributed by atoms with Gasteiger partial charge in [-0.25, -0.2) is 4.98 Å². The molecule has 0 saturated heterocycles. The Morgan fingerprint density at radius 3 is 2.58 bits per heavy atom. The first-order valence-electron chi connectivity index (χ1n) is 14.3. The summed E-state index contributed by atoms with van der Waals surface area (Å²) >= 11 is 1.36. The molecule has 2 aliphatic heterocycles. The number of carbonyl (C=O) groups is 4. The first kappa shape index (κ1) is 29.8. The van der Waals surface area contributed by atoms with Crippen LogP contribution in [0.5, 0.6) is 17.2 Å². The Morgan fingerprint density at radius 2 is 1.82 bits per heavy atom. The number of ether oxygens (including phenoxy) is 3. The van der Waals surface area contributed by atoms with Crippen molar-refractivity contribution in [3.63, 3.8) is 0 Å². The van der Waals surface area contributed by atoms with Crippen LogP contribution in [0.25, 0.3) is 11.3 Å². The molecule has 3 heterocycles. The molecule has 0 fully saturated rings. The standard InChI is InChI=1S/C33H30N4O7S/c1-4-33(2,32(41)34-21-11-14-26-27(15-21)44-19-43-26)37(16-28-35-24(18-45-28)20-9-12-22(42-3)13-10-20)29(38)17-36-25-8-6-5-7-23(25)30(39)31(36)40/h5-15,18H,4,16-17,19H2,1-3H3,(H,34,41). The second kappa shape index (κ2) is 12.0. The van der Waals surface area contributed by atoms with E-state index in [9.17, 15) is 19.2 Å².